The smallest absolute Gasteiger partial charge is 0.254 e. The molecule has 1 aliphatic rings. The van der Waals surface area contributed by atoms with Crippen molar-refractivity contribution in [2.75, 3.05) is 33.9 Å². The van der Waals surface area contributed by atoms with Gasteiger partial charge in [0.2, 0.25) is 0 Å². The molecule has 1 heterocycles. The normalized spacial score (nSPS) is 16.4. The molecular formula is C25H32N2O3. The molecule has 0 saturated carbocycles. The molecule has 5 heteroatoms. The summed E-state index contributed by atoms with van der Waals surface area (Å²) in [4.78, 5) is 15.3. The zero-order valence-electron chi connectivity index (χ0n) is 18.2. The fourth-order valence-electron chi connectivity index (χ4n) is 3.90. The van der Waals surface area contributed by atoms with E-state index in [1.165, 1.54) is 12.8 Å². The largest absolute Gasteiger partial charge is 0.493 e. The molecule has 1 aliphatic heterocycles. The first-order chi connectivity index (χ1) is 14.6. The molecule has 1 atom stereocenters. The number of nitrogens with one attached hydrogen (secondary N) is 1. The molecule has 0 aromatic heterocycles. The third-order valence-corrected chi connectivity index (χ3v) is 5.48. The van der Waals surface area contributed by atoms with E-state index >= 15 is 0 Å². The predicted molar refractivity (Wildman–Crippen MR) is 121 cm³/mol. The number of carbonyl (C=O) groups is 1. The van der Waals surface area contributed by atoms with Gasteiger partial charge in [-0.1, -0.05) is 42.0 Å². The van der Waals surface area contributed by atoms with Crippen molar-refractivity contribution in [3.05, 3.63) is 65.2 Å². The lowest BCUT2D eigenvalue weighted by molar-refractivity contribution is 0.0764. The summed E-state index contributed by atoms with van der Waals surface area (Å²) in [6.45, 7) is 4.45. The Morgan fingerprint density at radius 1 is 1.13 bits per heavy atom. The van der Waals surface area contributed by atoms with Gasteiger partial charge in [0.05, 0.1) is 14.2 Å². The maximum atomic E-state index is 13.4. The highest BCUT2D eigenvalue weighted by Crippen LogP contribution is 2.28. The van der Waals surface area contributed by atoms with Crippen LogP contribution >= 0.6 is 0 Å². The maximum absolute atomic E-state index is 13.4. The molecule has 1 fully saturated rings. The van der Waals surface area contributed by atoms with Crippen LogP contribution in [0.4, 0.5) is 0 Å². The number of nitrogens with zero attached hydrogens (tertiary/aromatic N) is 1. The number of amides is 1. The first kappa shape index (κ1) is 21.9. The lowest BCUT2D eigenvalue weighted by Crippen LogP contribution is -2.36. The van der Waals surface area contributed by atoms with E-state index in [1.807, 2.05) is 23.1 Å². The topological polar surface area (TPSA) is 50.8 Å². The monoisotopic (exact) mass is 408 g/mol. The average molecular weight is 409 g/mol. The predicted octanol–water partition coefficient (Wildman–Crippen LogP) is 4.39. The molecule has 0 spiro atoms. The number of methoxy groups -OCH3 is 2. The van der Waals surface area contributed by atoms with Crippen molar-refractivity contribution in [2.45, 2.75) is 32.2 Å². The molecule has 1 saturated heterocycles. The van der Waals surface area contributed by atoms with Crippen molar-refractivity contribution < 1.29 is 14.3 Å². The van der Waals surface area contributed by atoms with Gasteiger partial charge in [-0.05, 0) is 56.5 Å². The molecule has 1 amide bonds. The number of hydrogen-bond acceptors (Lipinski definition) is 4. The van der Waals surface area contributed by atoms with Gasteiger partial charge in [-0.25, -0.2) is 0 Å². The van der Waals surface area contributed by atoms with E-state index in [1.54, 1.807) is 32.4 Å². The average Bonchev–Trinajstić information content (AvgIpc) is 3.30. The van der Waals surface area contributed by atoms with Crippen LogP contribution < -0.4 is 14.8 Å². The first-order valence-corrected chi connectivity index (χ1v) is 10.6. The Kier molecular flexibility index (Phi) is 7.91. The molecule has 3 rings (SSSR count). The van der Waals surface area contributed by atoms with Crippen LogP contribution in [0.15, 0.2) is 54.1 Å². The molecular weight excluding hydrogens is 376 g/mol. The van der Waals surface area contributed by atoms with E-state index in [0.29, 0.717) is 36.2 Å². The van der Waals surface area contributed by atoms with Gasteiger partial charge in [0.1, 0.15) is 0 Å². The lowest BCUT2D eigenvalue weighted by atomic mass is 10.1. The Morgan fingerprint density at radius 3 is 2.57 bits per heavy atom. The van der Waals surface area contributed by atoms with Gasteiger partial charge >= 0.3 is 0 Å². The van der Waals surface area contributed by atoms with E-state index in [0.717, 1.165) is 24.1 Å². The minimum atomic E-state index is 0.00904. The van der Waals surface area contributed by atoms with Gasteiger partial charge in [0.25, 0.3) is 5.91 Å². The minimum absolute atomic E-state index is 0.00904. The van der Waals surface area contributed by atoms with Crippen LogP contribution in [0, 0.1) is 0 Å². The Bertz CT molecular complexity index is 858. The second-order valence-electron chi connectivity index (χ2n) is 7.78. The van der Waals surface area contributed by atoms with Crippen molar-refractivity contribution in [1.82, 2.24) is 10.2 Å². The van der Waals surface area contributed by atoms with E-state index in [4.69, 9.17) is 9.47 Å². The third kappa shape index (κ3) is 5.86. The Morgan fingerprint density at radius 2 is 1.90 bits per heavy atom. The van der Waals surface area contributed by atoms with Crippen molar-refractivity contribution >= 4 is 12.0 Å². The highest BCUT2D eigenvalue weighted by Gasteiger charge is 2.21. The van der Waals surface area contributed by atoms with Gasteiger partial charge in [0.15, 0.2) is 11.5 Å². The van der Waals surface area contributed by atoms with Crippen LogP contribution in [0.1, 0.15) is 42.1 Å². The zero-order valence-corrected chi connectivity index (χ0v) is 18.2. The summed E-state index contributed by atoms with van der Waals surface area (Å²) in [6, 6.07) is 16.1. The van der Waals surface area contributed by atoms with E-state index in [9.17, 15) is 4.79 Å². The SMILES string of the molecule is COc1ccc(C(=O)N(CCC2CCCN2)C/C(C)=C/c2ccccc2)cc1OC. The number of hydrogen-bond donors (Lipinski definition) is 1. The second kappa shape index (κ2) is 10.8. The fourth-order valence-corrected chi connectivity index (χ4v) is 3.90. The molecule has 0 bridgehead atoms. The number of carbonyl (C=O) groups excluding carboxylic acids is 1. The maximum Gasteiger partial charge on any atom is 0.254 e. The molecule has 160 valence electrons. The van der Waals surface area contributed by atoms with Crippen LogP contribution in [0.5, 0.6) is 11.5 Å². The lowest BCUT2D eigenvalue weighted by Gasteiger charge is -2.25. The minimum Gasteiger partial charge on any atom is -0.493 e. The number of rotatable bonds is 9. The van der Waals surface area contributed by atoms with Gasteiger partial charge in [0, 0.05) is 24.7 Å². The molecule has 30 heavy (non-hydrogen) atoms. The van der Waals surface area contributed by atoms with Crippen LogP contribution in [-0.4, -0.2) is 50.7 Å². The number of ether oxygens (including phenoxy) is 2. The summed E-state index contributed by atoms with van der Waals surface area (Å²) in [5.74, 6) is 1.20. The molecule has 2 aromatic carbocycles. The Labute approximate surface area is 179 Å². The summed E-state index contributed by atoms with van der Waals surface area (Å²) in [5, 5.41) is 3.53. The van der Waals surface area contributed by atoms with Crippen LogP contribution in [-0.2, 0) is 0 Å². The molecule has 2 aromatic rings. The molecule has 1 N–H and O–H groups in total. The van der Waals surface area contributed by atoms with Gasteiger partial charge in [-0.15, -0.1) is 0 Å². The third-order valence-electron chi connectivity index (χ3n) is 5.48. The second-order valence-corrected chi connectivity index (χ2v) is 7.78. The van der Waals surface area contributed by atoms with Crippen molar-refractivity contribution in [3.8, 4) is 11.5 Å². The van der Waals surface area contributed by atoms with Crippen LogP contribution in [0.3, 0.4) is 0 Å². The summed E-state index contributed by atoms with van der Waals surface area (Å²) in [7, 11) is 3.18. The fraction of sp³-hybridized carbons (Fsp3) is 0.400. The standard InChI is InChI=1S/C25H32N2O3/c1-19(16-20-8-5-4-6-9-20)18-27(15-13-22-10-7-14-26-22)25(28)21-11-12-23(29-2)24(17-21)30-3/h4-6,8-9,11-12,16-17,22,26H,7,10,13-15,18H2,1-3H3/b19-16+. The molecule has 0 aliphatic carbocycles. The highest BCUT2D eigenvalue weighted by molar-refractivity contribution is 5.95. The molecule has 1 unspecified atom stereocenters. The van der Waals surface area contributed by atoms with Gasteiger partial charge < -0.3 is 19.7 Å². The summed E-state index contributed by atoms with van der Waals surface area (Å²) >= 11 is 0. The van der Waals surface area contributed by atoms with E-state index in [2.05, 4.69) is 30.4 Å². The summed E-state index contributed by atoms with van der Waals surface area (Å²) < 4.78 is 10.7. The molecule has 5 nitrogen and oxygen atoms in total. The Balaban J connectivity index is 1.78. The van der Waals surface area contributed by atoms with Crippen molar-refractivity contribution in [1.29, 1.82) is 0 Å². The van der Waals surface area contributed by atoms with E-state index < -0.39 is 0 Å². The molecule has 0 radical (unpaired) electrons. The van der Waals surface area contributed by atoms with E-state index in [-0.39, 0.29) is 5.91 Å². The quantitative estimate of drug-likeness (QED) is 0.669. The van der Waals surface area contributed by atoms with Crippen molar-refractivity contribution in [2.24, 2.45) is 0 Å². The summed E-state index contributed by atoms with van der Waals surface area (Å²) in [6.07, 6.45) is 5.48. The first-order valence-electron chi connectivity index (χ1n) is 10.6. The van der Waals surface area contributed by atoms with Crippen LogP contribution in [0.2, 0.25) is 0 Å². The number of benzene rings is 2. The van der Waals surface area contributed by atoms with Gasteiger partial charge in [-0.2, -0.15) is 0 Å². The van der Waals surface area contributed by atoms with Gasteiger partial charge in [-0.3, -0.25) is 4.79 Å². The van der Waals surface area contributed by atoms with Crippen molar-refractivity contribution in [3.63, 3.8) is 0 Å². The van der Waals surface area contributed by atoms with Crippen LogP contribution in [0.25, 0.3) is 6.08 Å². The Hall–Kier alpha value is -2.79. The highest BCUT2D eigenvalue weighted by atomic mass is 16.5. The zero-order chi connectivity index (χ0) is 21.3. The summed E-state index contributed by atoms with van der Waals surface area (Å²) in [5.41, 5.74) is 2.90.